The molecule has 0 atom stereocenters. The highest BCUT2D eigenvalue weighted by molar-refractivity contribution is 5.74. The summed E-state index contributed by atoms with van der Waals surface area (Å²) in [6.07, 6.45) is -2.89. The third-order valence-corrected chi connectivity index (χ3v) is 1.99. The Morgan fingerprint density at radius 1 is 1.06 bits per heavy atom. The summed E-state index contributed by atoms with van der Waals surface area (Å²) in [7, 11) is 0. The van der Waals surface area contributed by atoms with Gasteiger partial charge in [0.15, 0.2) is 0 Å². The van der Waals surface area contributed by atoms with Crippen LogP contribution in [-0.2, 0) is 6.18 Å². The maximum absolute atomic E-state index is 12.3. The van der Waals surface area contributed by atoms with E-state index in [4.69, 9.17) is 0 Å². The Bertz CT molecular complexity index is 507. The van der Waals surface area contributed by atoms with Gasteiger partial charge in [0.2, 0.25) is 0 Å². The van der Waals surface area contributed by atoms with Gasteiger partial charge >= 0.3 is 6.18 Å². The Morgan fingerprint density at radius 3 is 2.29 bits per heavy atom. The van der Waals surface area contributed by atoms with Crippen LogP contribution in [0.25, 0.3) is 11.0 Å². The molecule has 5 heteroatoms. The van der Waals surface area contributed by atoms with Crippen LogP contribution in [0.2, 0.25) is 0 Å². The molecule has 0 bridgehead atoms. The van der Waals surface area contributed by atoms with E-state index in [0.717, 1.165) is 12.1 Å². The first-order valence-electron chi connectivity index (χ1n) is 5.27. The number of hydrogen-bond donors (Lipinski definition) is 0. The van der Waals surface area contributed by atoms with E-state index in [1.807, 2.05) is 13.8 Å². The van der Waals surface area contributed by atoms with E-state index < -0.39 is 11.7 Å². The van der Waals surface area contributed by atoms with Crippen molar-refractivity contribution in [3.05, 3.63) is 35.7 Å². The molecule has 0 saturated carbocycles. The summed E-state index contributed by atoms with van der Waals surface area (Å²) in [5, 5.41) is 0. The maximum Gasteiger partial charge on any atom is 0.416 e. The summed E-state index contributed by atoms with van der Waals surface area (Å²) in [4.78, 5) is 7.96. The van der Waals surface area contributed by atoms with Gasteiger partial charge < -0.3 is 0 Å². The monoisotopic (exact) mass is 242 g/mol. The molecule has 0 saturated heterocycles. The van der Waals surface area contributed by atoms with Gasteiger partial charge in [0.05, 0.1) is 22.3 Å². The lowest BCUT2D eigenvalue weighted by Crippen LogP contribution is -2.04. The van der Waals surface area contributed by atoms with E-state index in [1.54, 1.807) is 6.92 Å². The fraction of sp³-hybridized carbons (Fsp3) is 0.333. The zero-order valence-corrected chi connectivity index (χ0v) is 9.84. The normalized spacial score (nSPS) is 10.9. The standard InChI is InChI=1S/C10H7F3N2.C2H6/c1-6-5-14-9-4-7(10(11,12)13)2-3-8(9)15-6;1-2/h2-5H,1H3;1-2H3. The van der Waals surface area contributed by atoms with Crippen molar-refractivity contribution in [3.63, 3.8) is 0 Å². The van der Waals surface area contributed by atoms with Crippen LogP contribution < -0.4 is 0 Å². The first kappa shape index (κ1) is 13.4. The SMILES string of the molecule is CC.Cc1cnc2cc(C(F)(F)F)ccc2n1. The summed E-state index contributed by atoms with van der Waals surface area (Å²) in [5.41, 5.74) is 0.717. The quantitative estimate of drug-likeness (QED) is 0.698. The number of benzene rings is 1. The van der Waals surface area contributed by atoms with Crippen molar-refractivity contribution in [1.82, 2.24) is 9.97 Å². The van der Waals surface area contributed by atoms with Gasteiger partial charge in [0.1, 0.15) is 0 Å². The molecule has 0 amide bonds. The smallest absolute Gasteiger partial charge is 0.253 e. The Labute approximate surface area is 97.5 Å². The summed E-state index contributed by atoms with van der Waals surface area (Å²) in [6.45, 7) is 5.74. The highest BCUT2D eigenvalue weighted by atomic mass is 19.4. The van der Waals surface area contributed by atoms with Crippen LogP contribution in [0.4, 0.5) is 13.2 Å². The number of alkyl halides is 3. The summed E-state index contributed by atoms with van der Waals surface area (Å²) >= 11 is 0. The zero-order chi connectivity index (χ0) is 13.1. The maximum atomic E-state index is 12.3. The van der Waals surface area contributed by atoms with E-state index in [1.165, 1.54) is 12.3 Å². The van der Waals surface area contributed by atoms with E-state index in [0.29, 0.717) is 11.2 Å². The minimum atomic E-state index is -4.33. The van der Waals surface area contributed by atoms with Gasteiger partial charge in [-0.2, -0.15) is 13.2 Å². The number of aryl methyl sites for hydroxylation is 1. The lowest BCUT2D eigenvalue weighted by molar-refractivity contribution is -0.137. The Morgan fingerprint density at radius 2 is 1.71 bits per heavy atom. The average molecular weight is 242 g/mol. The second-order valence-corrected chi connectivity index (χ2v) is 3.21. The average Bonchev–Trinajstić information content (AvgIpc) is 2.29. The second-order valence-electron chi connectivity index (χ2n) is 3.21. The molecular formula is C12H13F3N2. The fourth-order valence-corrected chi connectivity index (χ4v) is 1.28. The fourth-order valence-electron chi connectivity index (χ4n) is 1.28. The first-order valence-corrected chi connectivity index (χ1v) is 5.27. The van der Waals surface area contributed by atoms with Gasteiger partial charge in [0, 0.05) is 6.20 Å². The molecule has 17 heavy (non-hydrogen) atoms. The van der Waals surface area contributed by atoms with Crippen molar-refractivity contribution in [2.24, 2.45) is 0 Å². The molecule has 2 rings (SSSR count). The molecule has 1 aromatic heterocycles. The zero-order valence-electron chi connectivity index (χ0n) is 9.84. The molecule has 0 aliphatic rings. The van der Waals surface area contributed by atoms with Crippen molar-refractivity contribution in [3.8, 4) is 0 Å². The Kier molecular flexibility index (Phi) is 4.04. The van der Waals surface area contributed by atoms with Crippen molar-refractivity contribution in [2.75, 3.05) is 0 Å². The van der Waals surface area contributed by atoms with Crippen LogP contribution in [0.1, 0.15) is 25.1 Å². The van der Waals surface area contributed by atoms with Gasteiger partial charge in [0.25, 0.3) is 0 Å². The highest BCUT2D eigenvalue weighted by Gasteiger charge is 2.30. The lowest BCUT2D eigenvalue weighted by atomic mass is 10.2. The molecule has 0 aliphatic carbocycles. The molecule has 0 aliphatic heterocycles. The summed E-state index contributed by atoms with van der Waals surface area (Å²) in [6, 6.07) is 3.34. The van der Waals surface area contributed by atoms with Crippen LogP contribution in [0.3, 0.4) is 0 Å². The molecular weight excluding hydrogens is 229 g/mol. The molecule has 1 heterocycles. The summed E-state index contributed by atoms with van der Waals surface area (Å²) in [5.74, 6) is 0. The van der Waals surface area contributed by atoms with Gasteiger partial charge in [-0.3, -0.25) is 4.98 Å². The number of nitrogens with zero attached hydrogens (tertiary/aromatic N) is 2. The minimum Gasteiger partial charge on any atom is -0.253 e. The largest absolute Gasteiger partial charge is 0.416 e. The minimum absolute atomic E-state index is 0.260. The first-order chi connectivity index (χ1) is 7.97. The number of hydrogen-bond acceptors (Lipinski definition) is 2. The van der Waals surface area contributed by atoms with Crippen LogP contribution in [0.5, 0.6) is 0 Å². The van der Waals surface area contributed by atoms with Crippen molar-refractivity contribution in [1.29, 1.82) is 0 Å². The molecule has 2 nitrogen and oxygen atoms in total. The molecule has 0 radical (unpaired) electrons. The van der Waals surface area contributed by atoms with Crippen molar-refractivity contribution in [2.45, 2.75) is 26.9 Å². The molecule has 0 fully saturated rings. The van der Waals surface area contributed by atoms with Gasteiger partial charge in [-0.05, 0) is 25.1 Å². The number of halogens is 3. The van der Waals surface area contributed by atoms with Crippen LogP contribution in [0, 0.1) is 6.92 Å². The van der Waals surface area contributed by atoms with Crippen LogP contribution in [0.15, 0.2) is 24.4 Å². The second kappa shape index (κ2) is 5.12. The molecule has 92 valence electrons. The van der Waals surface area contributed by atoms with Crippen molar-refractivity contribution < 1.29 is 13.2 Å². The van der Waals surface area contributed by atoms with Crippen LogP contribution in [-0.4, -0.2) is 9.97 Å². The van der Waals surface area contributed by atoms with E-state index in [9.17, 15) is 13.2 Å². The van der Waals surface area contributed by atoms with Crippen molar-refractivity contribution >= 4 is 11.0 Å². The molecule has 0 unspecified atom stereocenters. The summed E-state index contributed by atoms with van der Waals surface area (Å²) < 4.78 is 37.0. The molecule has 2 aromatic rings. The third kappa shape index (κ3) is 3.15. The predicted octanol–water partition coefficient (Wildman–Crippen LogP) is 3.98. The van der Waals surface area contributed by atoms with E-state index in [2.05, 4.69) is 9.97 Å². The Hall–Kier alpha value is -1.65. The topological polar surface area (TPSA) is 25.8 Å². The third-order valence-electron chi connectivity index (χ3n) is 1.99. The number of aromatic nitrogens is 2. The van der Waals surface area contributed by atoms with Gasteiger partial charge in [-0.15, -0.1) is 0 Å². The van der Waals surface area contributed by atoms with Gasteiger partial charge in [-0.1, -0.05) is 13.8 Å². The Balaban J connectivity index is 0.000000686. The van der Waals surface area contributed by atoms with E-state index >= 15 is 0 Å². The number of rotatable bonds is 0. The van der Waals surface area contributed by atoms with E-state index in [-0.39, 0.29) is 5.52 Å². The van der Waals surface area contributed by atoms with Crippen LogP contribution >= 0.6 is 0 Å². The molecule has 0 spiro atoms. The molecule has 1 aromatic carbocycles. The number of fused-ring (bicyclic) bond motifs is 1. The lowest BCUT2D eigenvalue weighted by Gasteiger charge is -2.06. The van der Waals surface area contributed by atoms with Gasteiger partial charge in [-0.25, -0.2) is 4.98 Å². The molecule has 0 N–H and O–H groups in total. The predicted molar refractivity (Wildman–Crippen MR) is 60.6 cm³/mol. The highest BCUT2D eigenvalue weighted by Crippen LogP contribution is 2.30.